The molecule has 0 bridgehead atoms. The van der Waals surface area contributed by atoms with Crippen LogP contribution in [0.25, 0.3) is 5.69 Å². The summed E-state index contributed by atoms with van der Waals surface area (Å²) in [7, 11) is -3.80. The average Bonchev–Trinajstić information content (AvgIpc) is 3.12. The van der Waals surface area contributed by atoms with Crippen molar-refractivity contribution in [1.29, 1.82) is 0 Å². The number of carbonyl (C=O) groups is 1. The second kappa shape index (κ2) is 9.62. The smallest absolute Gasteiger partial charge is 0.256 e. The summed E-state index contributed by atoms with van der Waals surface area (Å²) in [5.41, 5.74) is 4.74. The quantitative estimate of drug-likeness (QED) is 0.412. The molecule has 174 valence electrons. The summed E-state index contributed by atoms with van der Waals surface area (Å²) in [6, 6.07) is 23.4. The number of anilines is 1. The van der Waals surface area contributed by atoms with Gasteiger partial charge in [0.05, 0.1) is 27.7 Å². The van der Waals surface area contributed by atoms with Gasteiger partial charge in [-0.1, -0.05) is 54.6 Å². The van der Waals surface area contributed by atoms with E-state index in [1.54, 1.807) is 17.7 Å². The highest BCUT2D eigenvalue weighted by Crippen LogP contribution is 2.24. The summed E-state index contributed by atoms with van der Waals surface area (Å²) in [4.78, 5) is 13.2. The van der Waals surface area contributed by atoms with Crippen LogP contribution in [0.2, 0.25) is 0 Å². The zero-order chi connectivity index (χ0) is 24.3. The molecule has 0 saturated heterocycles. The van der Waals surface area contributed by atoms with E-state index in [-0.39, 0.29) is 17.0 Å². The molecule has 1 amide bonds. The lowest BCUT2D eigenvalue weighted by Gasteiger charge is -2.12. The highest BCUT2D eigenvalue weighted by Gasteiger charge is 2.20. The van der Waals surface area contributed by atoms with Crippen molar-refractivity contribution in [2.24, 2.45) is 0 Å². The Hall–Kier alpha value is -3.75. The molecule has 0 unspecified atom stereocenters. The molecule has 34 heavy (non-hydrogen) atoms. The molecule has 8 heteroatoms. The molecule has 2 N–H and O–H groups in total. The normalized spacial score (nSPS) is 11.4. The molecule has 4 rings (SSSR count). The van der Waals surface area contributed by atoms with E-state index in [0.717, 1.165) is 16.9 Å². The highest BCUT2D eigenvalue weighted by molar-refractivity contribution is 7.89. The topological polar surface area (TPSA) is 93.1 Å². The summed E-state index contributed by atoms with van der Waals surface area (Å²) >= 11 is 0. The maximum Gasteiger partial charge on any atom is 0.256 e. The van der Waals surface area contributed by atoms with Crippen LogP contribution in [0, 0.1) is 20.8 Å². The molecule has 1 heterocycles. The van der Waals surface area contributed by atoms with Crippen LogP contribution in [0.4, 0.5) is 5.69 Å². The van der Waals surface area contributed by atoms with E-state index in [2.05, 4.69) is 15.1 Å². The lowest BCUT2D eigenvalue weighted by Crippen LogP contribution is -2.24. The van der Waals surface area contributed by atoms with Crippen LogP contribution in [0.15, 0.2) is 83.8 Å². The van der Waals surface area contributed by atoms with Gasteiger partial charge in [0.2, 0.25) is 10.0 Å². The number of para-hydroxylation sites is 1. The maximum absolute atomic E-state index is 13.2. The number of aryl methyl sites for hydroxylation is 2. The first-order valence-electron chi connectivity index (χ1n) is 10.8. The largest absolute Gasteiger partial charge is 0.319 e. The molecule has 0 aliphatic rings. The number of hydrogen-bond donors (Lipinski definition) is 2. The number of hydrogen-bond acceptors (Lipinski definition) is 4. The Bertz CT molecular complexity index is 1430. The van der Waals surface area contributed by atoms with Gasteiger partial charge >= 0.3 is 0 Å². The predicted octanol–water partition coefficient (Wildman–Crippen LogP) is 4.53. The number of nitrogens with zero attached hydrogens (tertiary/aromatic N) is 2. The summed E-state index contributed by atoms with van der Waals surface area (Å²) in [6.45, 7) is 5.64. The van der Waals surface area contributed by atoms with Crippen molar-refractivity contribution >= 4 is 21.6 Å². The zero-order valence-electron chi connectivity index (χ0n) is 19.2. The summed E-state index contributed by atoms with van der Waals surface area (Å²) < 4.78 is 30.1. The van der Waals surface area contributed by atoms with Crippen molar-refractivity contribution < 1.29 is 13.2 Å². The number of rotatable bonds is 7. The molecule has 0 spiro atoms. The van der Waals surface area contributed by atoms with Crippen LogP contribution >= 0.6 is 0 Å². The minimum Gasteiger partial charge on any atom is -0.319 e. The standard InChI is InChI=1S/C26H26N4O3S/c1-18-14-15-23(34(32,33)27-17-21-10-6-4-7-11-21)16-24(18)26(31)28-25-19(2)29-30(20(25)3)22-12-8-5-9-13-22/h4-16,27H,17H2,1-3H3,(H,28,31). The van der Waals surface area contributed by atoms with Crippen LogP contribution in [-0.4, -0.2) is 24.1 Å². The minimum atomic E-state index is -3.80. The van der Waals surface area contributed by atoms with E-state index in [0.29, 0.717) is 16.9 Å². The Kier molecular flexibility index (Phi) is 6.63. The molecule has 0 radical (unpaired) electrons. The average molecular weight is 475 g/mol. The molecule has 0 saturated carbocycles. The van der Waals surface area contributed by atoms with E-state index < -0.39 is 15.9 Å². The molecule has 7 nitrogen and oxygen atoms in total. The number of amides is 1. The fourth-order valence-corrected chi connectivity index (χ4v) is 4.74. The predicted molar refractivity (Wildman–Crippen MR) is 133 cm³/mol. The summed E-state index contributed by atoms with van der Waals surface area (Å²) in [5, 5.41) is 7.48. The van der Waals surface area contributed by atoms with Crippen LogP contribution in [0.3, 0.4) is 0 Å². The van der Waals surface area contributed by atoms with E-state index >= 15 is 0 Å². The first-order chi connectivity index (χ1) is 16.3. The molecular formula is C26H26N4O3S. The number of carbonyl (C=O) groups excluding carboxylic acids is 1. The van der Waals surface area contributed by atoms with Gasteiger partial charge < -0.3 is 5.32 Å². The number of aromatic nitrogens is 2. The SMILES string of the molecule is Cc1ccc(S(=O)(=O)NCc2ccccc2)cc1C(=O)Nc1c(C)nn(-c2ccccc2)c1C. The van der Waals surface area contributed by atoms with Gasteiger partial charge in [-0.3, -0.25) is 4.79 Å². The van der Waals surface area contributed by atoms with E-state index in [1.165, 1.54) is 12.1 Å². The molecule has 0 atom stereocenters. The van der Waals surface area contributed by atoms with Gasteiger partial charge in [0, 0.05) is 12.1 Å². The molecular weight excluding hydrogens is 448 g/mol. The first kappa shape index (κ1) is 23.4. The molecule has 0 fully saturated rings. The first-order valence-corrected chi connectivity index (χ1v) is 12.3. The van der Waals surface area contributed by atoms with E-state index in [1.807, 2.05) is 74.5 Å². The summed E-state index contributed by atoms with van der Waals surface area (Å²) in [6.07, 6.45) is 0. The van der Waals surface area contributed by atoms with Crippen molar-refractivity contribution in [2.45, 2.75) is 32.2 Å². The van der Waals surface area contributed by atoms with Gasteiger partial charge in [0.15, 0.2) is 0 Å². The lowest BCUT2D eigenvalue weighted by molar-refractivity contribution is 0.102. The maximum atomic E-state index is 13.2. The van der Waals surface area contributed by atoms with Crippen LogP contribution in [0.5, 0.6) is 0 Å². The van der Waals surface area contributed by atoms with Crippen molar-refractivity contribution in [3.05, 3.63) is 107 Å². The molecule has 1 aromatic heterocycles. The molecule has 4 aromatic rings. The second-order valence-electron chi connectivity index (χ2n) is 8.03. The van der Waals surface area contributed by atoms with E-state index in [4.69, 9.17) is 0 Å². The van der Waals surface area contributed by atoms with Gasteiger partial charge in [-0.2, -0.15) is 5.10 Å². The van der Waals surface area contributed by atoms with Gasteiger partial charge in [-0.15, -0.1) is 0 Å². The Balaban J connectivity index is 1.58. The van der Waals surface area contributed by atoms with Gasteiger partial charge in [-0.05, 0) is 56.2 Å². The van der Waals surface area contributed by atoms with Gasteiger partial charge in [0.1, 0.15) is 0 Å². The third-order valence-corrected chi connectivity index (χ3v) is 7.00. The Morgan fingerprint density at radius 2 is 1.56 bits per heavy atom. The van der Waals surface area contributed by atoms with Crippen molar-refractivity contribution in [1.82, 2.24) is 14.5 Å². The Morgan fingerprint density at radius 1 is 0.912 bits per heavy atom. The fourth-order valence-electron chi connectivity index (χ4n) is 3.70. The minimum absolute atomic E-state index is 0.0348. The van der Waals surface area contributed by atoms with Crippen LogP contribution in [0.1, 0.15) is 32.9 Å². The molecule has 3 aromatic carbocycles. The van der Waals surface area contributed by atoms with Crippen molar-refractivity contribution in [2.75, 3.05) is 5.32 Å². The van der Waals surface area contributed by atoms with Crippen LogP contribution in [-0.2, 0) is 16.6 Å². The monoisotopic (exact) mass is 474 g/mol. The van der Waals surface area contributed by atoms with Gasteiger partial charge in [-0.25, -0.2) is 17.8 Å². The lowest BCUT2D eigenvalue weighted by atomic mass is 10.1. The highest BCUT2D eigenvalue weighted by atomic mass is 32.2. The molecule has 0 aliphatic carbocycles. The van der Waals surface area contributed by atoms with Crippen molar-refractivity contribution in [3.63, 3.8) is 0 Å². The fraction of sp³-hybridized carbons (Fsp3) is 0.154. The van der Waals surface area contributed by atoms with E-state index in [9.17, 15) is 13.2 Å². The third kappa shape index (κ3) is 4.93. The number of sulfonamides is 1. The van der Waals surface area contributed by atoms with Crippen molar-refractivity contribution in [3.8, 4) is 5.69 Å². The molecule has 0 aliphatic heterocycles. The van der Waals surface area contributed by atoms with Gasteiger partial charge in [0.25, 0.3) is 5.91 Å². The van der Waals surface area contributed by atoms with Crippen LogP contribution < -0.4 is 10.0 Å². The number of benzene rings is 3. The Labute approximate surface area is 199 Å². The number of nitrogens with one attached hydrogen (secondary N) is 2. The second-order valence-corrected chi connectivity index (χ2v) is 9.80. The third-order valence-electron chi connectivity index (χ3n) is 5.60. The summed E-state index contributed by atoms with van der Waals surface area (Å²) in [5.74, 6) is -0.392. The Morgan fingerprint density at radius 3 is 2.24 bits per heavy atom. The zero-order valence-corrected chi connectivity index (χ0v) is 20.1.